The molecule has 0 aliphatic heterocycles. The summed E-state index contributed by atoms with van der Waals surface area (Å²) in [6, 6.07) is 8.69. The summed E-state index contributed by atoms with van der Waals surface area (Å²) in [6.07, 6.45) is 4.61. The van der Waals surface area contributed by atoms with Crippen molar-refractivity contribution in [1.82, 2.24) is 10.3 Å². The van der Waals surface area contributed by atoms with E-state index in [0.717, 1.165) is 34.8 Å². The van der Waals surface area contributed by atoms with Gasteiger partial charge in [0.05, 0.1) is 0 Å². The third-order valence-electron chi connectivity index (χ3n) is 3.38. The molecule has 1 aromatic heterocycles. The van der Waals surface area contributed by atoms with Gasteiger partial charge in [0.2, 0.25) is 0 Å². The van der Waals surface area contributed by atoms with Crippen LogP contribution < -0.4 is 10.2 Å². The van der Waals surface area contributed by atoms with E-state index in [1.54, 1.807) is 11.3 Å². The number of aromatic nitrogens is 1. The Morgan fingerprint density at radius 1 is 1.40 bits per heavy atom. The summed E-state index contributed by atoms with van der Waals surface area (Å²) < 4.78 is 0. The van der Waals surface area contributed by atoms with E-state index in [0.29, 0.717) is 0 Å². The van der Waals surface area contributed by atoms with E-state index >= 15 is 0 Å². The van der Waals surface area contributed by atoms with Gasteiger partial charge in [0.25, 0.3) is 0 Å². The largest absolute Gasteiger partial charge is 0.347 e. The predicted molar refractivity (Wildman–Crippen MR) is 85.5 cm³/mol. The average Bonchev–Trinajstić information content (AvgIpc) is 3.15. The van der Waals surface area contributed by atoms with Crippen molar-refractivity contribution >= 4 is 28.1 Å². The molecule has 0 radical (unpaired) electrons. The second kappa shape index (κ2) is 6.12. The molecule has 0 amide bonds. The maximum atomic E-state index is 6.20. The van der Waals surface area contributed by atoms with Gasteiger partial charge >= 0.3 is 0 Å². The molecule has 0 spiro atoms. The Morgan fingerprint density at radius 3 is 2.95 bits per heavy atom. The first-order chi connectivity index (χ1) is 9.72. The van der Waals surface area contributed by atoms with E-state index in [2.05, 4.69) is 28.3 Å². The summed E-state index contributed by atoms with van der Waals surface area (Å²) in [4.78, 5) is 7.94. The van der Waals surface area contributed by atoms with Crippen LogP contribution in [0.15, 0.2) is 30.5 Å². The molecule has 5 heteroatoms. The second-order valence-electron chi connectivity index (χ2n) is 5.21. The highest BCUT2D eigenvalue weighted by molar-refractivity contribution is 7.15. The lowest BCUT2D eigenvalue weighted by Crippen LogP contribution is -2.16. The second-order valence-corrected chi connectivity index (χ2v) is 6.71. The maximum Gasteiger partial charge on any atom is 0.185 e. The number of benzene rings is 1. The topological polar surface area (TPSA) is 28.2 Å². The summed E-state index contributed by atoms with van der Waals surface area (Å²) >= 11 is 7.94. The van der Waals surface area contributed by atoms with Crippen LogP contribution in [0.1, 0.15) is 23.3 Å². The van der Waals surface area contributed by atoms with Gasteiger partial charge in [-0.2, -0.15) is 0 Å². The molecule has 1 aromatic carbocycles. The molecule has 3 nitrogen and oxygen atoms in total. The minimum atomic E-state index is 0.737. The number of hydrogen-bond donors (Lipinski definition) is 1. The number of hydrogen-bond acceptors (Lipinski definition) is 4. The highest BCUT2D eigenvalue weighted by Crippen LogP contribution is 2.26. The zero-order valence-corrected chi connectivity index (χ0v) is 13.0. The summed E-state index contributed by atoms with van der Waals surface area (Å²) in [6.45, 7) is 1.71. The van der Waals surface area contributed by atoms with Gasteiger partial charge in [-0.25, -0.2) is 4.98 Å². The molecule has 106 valence electrons. The average molecular weight is 308 g/mol. The summed E-state index contributed by atoms with van der Waals surface area (Å²) in [5.74, 6) is 0. The van der Waals surface area contributed by atoms with Crippen LogP contribution in [0, 0.1) is 0 Å². The minimum Gasteiger partial charge on any atom is -0.347 e. The highest BCUT2D eigenvalue weighted by atomic mass is 35.5. The Kier molecular flexibility index (Phi) is 4.24. The van der Waals surface area contributed by atoms with Gasteiger partial charge in [0.1, 0.15) is 0 Å². The first-order valence-electron chi connectivity index (χ1n) is 6.85. The molecule has 0 unspecified atom stereocenters. The number of anilines is 1. The molecule has 1 aliphatic rings. The van der Waals surface area contributed by atoms with E-state index in [9.17, 15) is 0 Å². The van der Waals surface area contributed by atoms with Crippen LogP contribution in [0.2, 0.25) is 5.02 Å². The third kappa shape index (κ3) is 3.51. The van der Waals surface area contributed by atoms with Gasteiger partial charge in [-0.3, -0.25) is 0 Å². The van der Waals surface area contributed by atoms with Crippen molar-refractivity contribution < 1.29 is 0 Å². The van der Waals surface area contributed by atoms with Crippen molar-refractivity contribution in [3.63, 3.8) is 0 Å². The van der Waals surface area contributed by atoms with Crippen molar-refractivity contribution in [2.75, 3.05) is 11.9 Å². The van der Waals surface area contributed by atoms with Crippen LogP contribution in [0.4, 0.5) is 5.13 Å². The third-order valence-corrected chi connectivity index (χ3v) is 4.86. The lowest BCUT2D eigenvalue weighted by molar-refractivity contribution is 0.694. The van der Waals surface area contributed by atoms with Crippen molar-refractivity contribution in [3.05, 3.63) is 45.9 Å². The highest BCUT2D eigenvalue weighted by Gasteiger charge is 2.20. The quantitative estimate of drug-likeness (QED) is 0.882. The van der Waals surface area contributed by atoms with Gasteiger partial charge in [0, 0.05) is 42.3 Å². The summed E-state index contributed by atoms with van der Waals surface area (Å²) in [5.41, 5.74) is 1.13. The van der Waals surface area contributed by atoms with Crippen molar-refractivity contribution in [3.8, 4) is 0 Å². The fraction of sp³-hybridized carbons (Fsp3) is 0.400. The van der Waals surface area contributed by atoms with Gasteiger partial charge < -0.3 is 10.2 Å². The number of rotatable bonds is 6. The van der Waals surface area contributed by atoms with Crippen LogP contribution in [0.25, 0.3) is 0 Å². The van der Waals surface area contributed by atoms with Gasteiger partial charge in [-0.05, 0) is 24.5 Å². The van der Waals surface area contributed by atoms with Gasteiger partial charge in [-0.1, -0.05) is 29.8 Å². The molecule has 0 bridgehead atoms. The molecule has 2 aromatic rings. The lowest BCUT2D eigenvalue weighted by atomic mass is 10.2. The first kappa shape index (κ1) is 13.9. The Balaban J connectivity index is 1.61. The zero-order chi connectivity index (χ0) is 13.9. The fourth-order valence-corrected chi connectivity index (χ4v) is 3.05. The molecule has 1 heterocycles. The van der Waals surface area contributed by atoms with E-state index in [4.69, 9.17) is 11.6 Å². The molecular weight excluding hydrogens is 290 g/mol. The lowest BCUT2D eigenvalue weighted by Gasteiger charge is -2.16. The van der Waals surface area contributed by atoms with Crippen LogP contribution in [-0.4, -0.2) is 18.1 Å². The molecular formula is C15H18ClN3S. The molecule has 0 atom stereocenters. The van der Waals surface area contributed by atoms with Crippen LogP contribution in [0.3, 0.4) is 0 Å². The monoisotopic (exact) mass is 307 g/mol. The molecule has 1 saturated carbocycles. The normalized spacial score (nSPS) is 14.5. The summed E-state index contributed by atoms with van der Waals surface area (Å²) in [7, 11) is 2.06. The minimum absolute atomic E-state index is 0.737. The Labute approximate surface area is 128 Å². The number of nitrogens with one attached hydrogen (secondary N) is 1. The first-order valence-corrected chi connectivity index (χ1v) is 8.04. The van der Waals surface area contributed by atoms with E-state index in [1.807, 2.05) is 24.4 Å². The molecule has 20 heavy (non-hydrogen) atoms. The Morgan fingerprint density at radius 2 is 2.20 bits per heavy atom. The van der Waals surface area contributed by atoms with Crippen LogP contribution in [-0.2, 0) is 13.1 Å². The SMILES string of the molecule is CN(Cc1ccccc1Cl)c1ncc(CNC2CC2)s1. The molecule has 1 N–H and O–H groups in total. The molecule has 1 aliphatic carbocycles. The van der Waals surface area contributed by atoms with Crippen LogP contribution >= 0.6 is 22.9 Å². The Hall–Kier alpha value is -1.10. The fourth-order valence-electron chi connectivity index (χ4n) is 2.04. The maximum absolute atomic E-state index is 6.20. The van der Waals surface area contributed by atoms with E-state index < -0.39 is 0 Å². The standard InChI is InChI=1S/C15H18ClN3S/c1-19(10-11-4-2-3-5-14(11)16)15-18-9-13(20-15)8-17-12-6-7-12/h2-5,9,12,17H,6-8,10H2,1H3. The van der Waals surface area contributed by atoms with Crippen molar-refractivity contribution in [2.45, 2.75) is 32.0 Å². The predicted octanol–water partition coefficient (Wildman–Crippen LogP) is 3.68. The van der Waals surface area contributed by atoms with E-state index in [1.165, 1.54) is 17.7 Å². The van der Waals surface area contributed by atoms with Crippen LogP contribution in [0.5, 0.6) is 0 Å². The number of nitrogens with zero attached hydrogens (tertiary/aromatic N) is 2. The van der Waals surface area contributed by atoms with E-state index in [-0.39, 0.29) is 0 Å². The Bertz CT molecular complexity index is 580. The number of thiazole rings is 1. The van der Waals surface area contributed by atoms with Crippen molar-refractivity contribution in [2.24, 2.45) is 0 Å². The molecule has 0 saturated heterocycles. The number of halogens is 1. The smallest absolute Gasteiger partial charge is 0.185 e. The summed E-state index contributed by atoms with van der Waals surface area (Å²) in [5, 5.41) is 5.37. The van der Waals surface area contributed by atoms with Crippen molar-refractivity contribution in [1.29, 1.82) is 0 Å². The van der Waals surface area contributed by atoms with Gasteiger partial charge in [0.15, 0.2) is 5.13 Å². The molecule has 1 fully saturated rings. The zero-order valence-electron chi connectivity index (χ0n) is 11.5. The van der Waals surface area contributed by atoms with Gasteiger partial charge in [-0.15, -0.1) is 11.3 Å². The molecule has 3 rings (SSSR count).